The molecule has 6 heteroatoms. The minimum Gasteiger partial charge on any atom is -0.497 e. The van der Waals surface area contributed by atoms with E-state index in [0.717, 1.165) is 24.2 Å². The van der Waals surface area contributed by atoms with Crippen LogP contribution in [0.5, 0.6) is 11.5 Å². The number of carbonyl (C=O) groups is 2. The van der Waals surface area contributed by atoms with Gasteiger partial charge in [0.25, 0.3) is 0 Å². The lowest BCUT2D eigenvalue weighted by atomic mass is 10.1. The molecule has 0 spiro atoms. The molecule has 1 heterocycles. The highest BCUT2D eigenvalue weighted by Crippen LogP contribution is 2.38. The van der Waals surface area contributed by atoms with Crippen molar-refractivity contribution in [2.75, 3.05) is 20.8 Å². The first-order chi connectivity index (χ1) is 12.5. The Kier molecular flexibility index (Phi) is 5.02. The van der Waals surface area contributed by atoms with Gasteiger partial charge in [0.15, 0.2) is 6.61 Å². The molecule has 26 heavy (non-hydrogen) atoms. The molecule has 1 fully saturated rings. The highest BCUT2D eigenvalue weighted by molar-refractivity contribution is 6.01. The SMILES string of the molecule is COc1ccc(OC)c(C(=O)OCC(=O)c2cc(C)n(C3CC3)c2C)c1. The van der Waals surface area contributed by atoms with Crippen LogP contribution in [0.4, 0.5) is 0 Å². The number of ketones is 1. The zero-order valence-corrected chi connectivity index (χ0v) is 15.5. The van der Waals surface area contributed by atoms with Crippen LogP contribution in [-0.2, 0) is 4.74 Å². The van der Waals surface area contributed by atoms with Crippen LogP contribution >= 0.6 is 0 Å². The van der Waals surface area contributed by atoms with Crippen LogP contribution < -0.4 is 9.47 Å². The molecule has 0 aliphatic heterocycles. The van der Waals surface area contributed by atoms with E-state index >= 15 is 0 Å². The predicted octanol–water partition coefficient (Wildman–Crippen LogP) is 3.50. The quantitative estimate of drug-likeness (QED) is 0.560. The van der Waals surface area contributed by atoms with Crippen molar-refractivity contribution < 1.29 is 23.8 Å². The first-order valence-corrected chi connectivity index (χ1v) is 8.57. The Labute approximate surface area is 152 Å². The fourth-order valence-electron chi connectivity index (χ4n) is 3.21. The van der Waals surface area contributed by atoms with E-state index < -0.39 is 5.97 Å². The molecule has 1 aromatic heterocycles. The topological polar surface area (TPSA) is 66.8 Å². The minimum absolute atomic E-state index is 0.208. The summed E-state index contributed by atoms with van der Waals surface area (Å²) in [5.41, 5.74) is 2.84. The van der Waals surface area contributed by atoms with Crippen molar-refractivity contribution in [1.29, 1.82) is 0 Å². The van der Waals surface area contributed by atoms with E-state index in [-0.39, 0.29) is 18.0 Å². The van der Waals surface area contributed by atoms with Crippen molar-refractivity contribution in [1.82, 2.24) is 4.57 Å². The van der Waals surface area contributed by atoms with Gasteiger partial charge in [-0.1, -0.05) is 0 Å². The van der Waals surface area contributed by atoms with Gasteiger partial charge < -0.3 is 18.8 Å². The maximum atomic E-state index is 12.5. The fourth-order valence-corrected chi connectivity index (χ4v) is 3.21. The summed E-state index contributed by atoms with van der Waals surface area (Å²) in [5.74, 6) is 0.0533. The average Bonchev–Trinajstić information content (AvgIpc) is 3.43. The van der Waals surface area contributed by atoms with Gasteiger partial charge in [-0.15, -0.1) is 0 Å². The second-order valence-electron chi connectivity index (χ2n) is 6.45. The van der Waals surface area contributed by atoms with Crippen LogP contribution in [0.2, 0.25) is 0 Å². The molecule has 3 rings (SSSR count). The summed E-state index contributed by atoms with van der Waals surface area (Å²) in [4.78, 5) is 24.9. The van der Waals surface area contributed by atoms with Crippen LogP contribution in [0.1, 0.15) is 51.0 Å². The van der Waals surface area contributed by atoms with E-state index in [1.54, 1.807) is 12.1 Å². The van der Waals surface area contributed by atoms with Crippen LogP contribution in [0.25, 0.3) is 0 Å². The highest BCUT2D eigenvalue weighted by Gasteiger charge is 2.28. The van der Waals surface area contributed by atoms with Gasteiger partial charge >= 0.3 is 5.97 Å². The van der Waals surface area contributed by atoms with Gasteiger partial charge in [0.2, 0.25) is 5.78 Å². The molecule has 6 nitrogen and oxygen atoms in total. The number of Topliss-reactive ketones (excluding diaryl/α,β-unsaturated/α-hetero) is 1. The molecule has 1 saturated carbocycles. The lowest BCUT2D eigenvalue weighted by molar-refractivity contribution is 0.0471. The Morgan fingerprint density at radius 2 is 1.81 bits per heavy atom. The Bertz CT molecular complexity index is 848. The number of benzene rings is 1. The van der Waals surface area contributed by atoms with Crippen LogP contribution in [0.3, 0.4) is 0 Å². The molecule has 1 aliphatic rings. The minimum atomic E-state index is -0.620. The number of esters is 1. The molecular weight excluding hydrogens is 334 g/mol. The molecule has 0 amide bonds. The Balaban J connectivity index is 1.72. The summed E-state index contributed by atoms with van der Waals surface area (Å²) in [7, 11) is 2.98. The first-order valence-electron chi connectivity index (χ1n) is 8.57. The standard InChI is InChI=1S/C20H23NO5/c1-12-9-16(13(2)21(12)14-5-6-14)18(22)11-26-20(23)17-10-15(24-3)7-8-19(17)25-4/h7-10,14H,5-6,11H2,1-4H3. The van der Waals surface area contributed by atoms with Gasteiger partial charge in [-0.2, -0.15) is 0 Å². The number of ether oxygens (including phenoxy) is 3. The summed E-state index contributed by atoms with van der Waals surface area (Å²) >= 11 is 0. The number of rotatable bonds is 7. The molecule has 0 radical (unpaired) electrons. The average molecular weight is 357 g/mol. The third kappa shape index (κ3) is 3.45. The number of hydrogen-bond acceptors (Lipinski definition) is 5. The van der Waals surface area contributed by atoms with Gasteiger partial charge in [0.1, 0.15) is 17.1 Å². The molecule has 2 aromatic rings. The Hall–Kier alpha value is -2.76. The Morgan fingerprint density at radius 3 is 2.42 bits per heavy atom. The third-order valence-electron chi connectivity index (χ3n) is 4.66. The molecule has 0 bridgehead atoms. The van der Waals surface area contributed by atoms with E-state index in [1.165, 1.54) is 20.3 Å². The molecule has 1 aliphatic carbocycles. The summed E-state index contributed by atoms with van der Waals surface area (Å²) < 4.78 is 17.7. The number of aromatic nitrogens is 1. The number of aryl methyl sites for hydroxylation is 1. The first kappa shape index (κ1) is 18.0. The van der Waals surface area contributed by atoms with Gasteiger partial charge in [-0.05, 0) is 51.0 Å². The zero-order valence-electron chi connectivity index (χ0n) is 15.5. The maximum Gasteiger partial charge on any atom is 0.342 e. The molecule has 0 N–H and O–H groups in total. The van der Waals surface area contributed by atoms with Crippen LogP contribution in [0, 0.1) is 13.8 Å². The third-order valence-corrected chi connectivity index (χ3v) is 4.66. The maximum absolute atomic E-state index is 12.5. The fraction of sp³-hybridized carbons (Fsp3) is 0.400. The smallest absolute Gasteiger partial charge is 0.342 e. The van der Waals surface area contributed by atoms with E-state index in [4.69, 9.17) is 14.2 Å². The molecule has 0 saturated heterocycles. The van der Waals surface area contributed by atoms with Crippen LogP contribution in [-0.4, -0.2) is 37.1 Å². The van der Waals surface area contributed by atoms with Crippen molar-refractivity contribution in [2.45, 2.75) is 32.7 Å². The van der Waals surface area contributed by atoms with E-state index in [2.05, 4.69) is 4.57 Å². The summed E-state index contributed by atoms with van der Waals surface area (Å²) in [6.45, 7) is 3.62. The second-order valence-corrected chi connectivity index (χ2v) is 6.45. The number of carbonyl (C=O) groups excluding carboxylic acids is 2. The van der Waals surface area contributed by atoms with Crippen molar-refractivity contribution in [3.63, 3.8) is 0 Å². The van der Waals surface area contributed by atoms with Crippen molar-refractivity contribution in [3.8, 4) is 11.5 Å². The van der Waals surface area contributed by atoms with Gasteiger partial charge in [0.05, 0.1) is 14.2 Å². The zero-order chi connectivity index (χ0) is 18.8. The van der Waals surface area contributed by atoms with Gasteiger partial charge in [-0.3, -0.25) is 4.79 Å². The summed E-state index contributed by atoms with van der Waals surface area (Å²) in [6, 6.07) is 7.22. The molecule has 138 valence electrons. The van der Waals surface area contributed by atoms with Crippen LogP contribution in [0.15, 0.2) is 24.3 Å². The largest absolute Gasteiger partial charge is 0.497 e. The summed E-state index contributed by atoms with van der Waals surface area (Å²) in [6.07, 6.45) is 2.29. The molecular formula is C20H23NO5. The lowest BCUT2D eigenvalue weighted by Crippen LogP contribution is -2.15. The van der Waals surface area contributed by atoms with Crippen molar-refractivity contribution >= 4 is 11.8 Å². The Morgan fingerprint density at radius 1 is 1.08 bits per heavy atom. The monoisotopic (exact) mass is 357 g/mol. The normalized spacial score (nSPS) is 13.4. The molecule has 1 aromatic carbocycles. The number of nitrogens with zero attached hydrogens (tertiary/aromatic N) is 1. The van der Waals surface area contributed by atoms with Gasteiger partial charge in [-0.25, -0.2) is 4.79 Å². The van der Waals surface area contributed by atoms with Crippen molar-refractivity contribution in [3.05, 3.63) is 46.8 Å². The molecule has 0 unspecified atom stereocenters. The summed E-state index contributed by atoms with van der Waals surface area (Å²) in [5, 5.41) is 0. The highest BCUT2D eigenvalue weighted by atomic mass is 16.5. The van der Waals surface area contributed by atoms with Crippen molar-refractivity contribution in [2.24, 2.45) is 0 Å². The predicted molar refractivity (Wildman–Crippen MR) is 96.3 cm³/mol. The number of hydrogen-bond donors (Lipinski definition) is 0. The van der Waals surface area contributed by atoms with E-state index in [9.17, 15) is 9.59 Å². The van der Waals surface area contributed by atoms with E-state index in [1.807, 2.05) is 19.9 Å². The van der Waals surface area contributed by atoms with Gasteiger partial charge in [0, 0.05) is 23.0 Å². The number of methoxy groups -OCH3 is 2. The van der Waals surface area contributed by atoms with E-state index in [0.29, 0.717) is 23.1 Å². The second kappa shape index (κ2) is 7.23. The molecule has 0 atom stereocenters. The lowest BCUT2D eigenvalue weighted by Gasteiger charge is -2.10.